The smallest absolute Gasteiger partial charge is 0.413 e. The second-order valence-corrected chi connectivity index (χ2v) is 6.82. The van der Waals surface area contributed by atoms with Crippen LogP contribution in [0.3, 0.4) is 0 Å². The Morgan fingerprint density at radius 3 is 2.25 bits per heavy atom. The van der Waals surface area contributed by atoms with Crippen molar-refractivity contribution in [2.24, 2.45) is 0 Å². The van der Waals surface area contributed by atoms with Crippen molar-refractivity contribution in [3.05, 3.63) is 0 Å². The van der Waals surface area contributed by atoms with Gasteiger partial charge >= 0.3 is 12.1 Å². The lowest BCUT2D eigenvalue weighted by atomic mass is 10.0. The predicted octanol–water partition coefficient (Wildman–Crippen LogP) is 2.29. The SMILES string of the molecule is COC(=O)[C@@H]1CC[C@H](Br)[C@@H](OC)N1C(=O)OC(C)(C)C. The van der Waals surface area contributed by atoms with Crippen LogP contribution in [0.2, 0.25) is 0 Å². The van der Waals surface area contributed by atoms with Crippen LogP contribution in [0.15, 0.2) is 0 Å². The zero-order valence-corrected chi connectivity index (χ0v) is 14.1. The van der Waals surface area contributed by atoms with Crippen molar-refractivity contribution in [3.63, 3.8) is 0 Å². The van der Waals surface area contributed by atoms with Gasteiger partial charge in [0.25, 0.3) is 0 Å². The molecular formula is C13H22BrNO5. The summed E-state index contributed by atoms with van der Waals surface area (Å²) in [4.78, 5) is 25.5. The Bertz CT molecular complexity index is 368. The van der Waals surface area contributed by atoms with E-state index >= 15 is 0 Å². The first-order valence-electron chi connectivity index (χ1n) is 6.47. The van der Waals surface area contributed by atoms with Gasteiger partial charge in [-0.2, -0.15) is 0 Å². The summed E-state index contributed by atoms with van der Waals surface area (Å²) in [7, 11) is 2.80. The zero-order chi connectivity index (χ0) is 15.5. The normalized spacial score (nSPS) is 27.1. The molecule has 1 fully saturated rings. The van der Waals surface area contributed by atoms with Gasteiger partial charge in [-0.15, -0.1) is 0 Å². The summed E-state index contributed by atoms with van der Waals surface area (Å²) in [5.41, 5.74) is -0.644. The second-order valence-electron chi connectivity index (χ2n) is 5.65. The summed E-state index contributed by atoms with van der Waals surface area (Å²) >= 11 is 3.48. The van der Waals surface area contributed by atoms with Crippen LogP contribution in [0.1, 0.15) is 33.6 Å². The van der Waals surface area contributed by atoms with Gasteiger partial charge in [0.15, 0.2) is 0 Å². The molecular weight excluding hydrogens is 330 g/mol. The average molecular weight is 352 g/mol. The third-order valence-electron chi connectivity index (χ3n) is 2.95. The van der Waals surface area contributed by atoms with Gasteiger partial charge in [0, 0.05) is 7.11 Å². The van der Waals surface area contributed by atoms with Crippen molar-refractivity contribution < 1.29 is 23.8 Å². The number of methoxy groups -OCH3 is 2. The Morgan fingerprint density at radius 2 is 1.80 bits per heavy atom. The number of piperidine rings is 1. The van der Waals surface area contributed by atoms with Crippen LogP contribution in [-0.4, -0.2) is 53.9 Å². The predicted molar refractivity (Wildman–Crippen MR) is 76.6 cm³/mol. The maximum Gasteiger partial charge on any atom is 0.413 e. The Kier molecular flexibility index (Phi) is 5.82. The van der Waals surface area contributed by atoms with Gasteiger partial charge in [-0.25, -0.2) is 9.59 Å². The first kappa shape index (κ1) is 17.2. The van der Waals surface area contributed by atoms with Crippen LogP contribution in [0.5, 0.6) is 0 Å². The van der Waals surface area contributed by atoms with E-state index < -0.39 is 29.9 Å². The molecule has 0 saturated carbocycles. The number of amides is 1. The van der Waals surface area contributed by atoms with E-state index in [4.69, 9.17) is 14.2 Å². The van der Waals surface area contributed by atoms with Crippen LogP contribution >= 0.6 is 15.9 Å². The average Bonchev–Trinajstić information content (AvgIpc) is 2.35. The van der Waals surface area contributed by atoms with Crippen molar-refractivity contribution in [1.29, 1.82) is 0 Å². The molecule has 0 spiro atoms. The topological polar surface area (TPSA) is 65.1 Å². The first-order chi connectivity index (χ1) is 9.21. The number of rotatable bonds is 2. The lowest BCUT2D eigenvalue weighted by Crippen LogP contribution is -2.59. The number of likely N-dealkylation sites (tertiary alicyclic amines) is 1. The highest BCUT2D eigenvalue weighted by molar-refractivity contribution is 9.09. The number of hydrogen-bond donors (Lipinski definition) is 0. The van der Waals surface area contributed by atoms with Gasteiger partial charge in [-0.3, -0.25) is 4.90 Å². The lowest BCUT2D eigenvalue weighted by molar-refractivity contribution is -0.156. The molecule has 0 unspecified atom stereocenters. The summed E-state index contributed by atoms with van der Waals surface area (Å²) < 4.78 is 15.5. The molecule has 1 amide bonds. The van der Waals surface area contributed by atoms with Crippen LogP contribution in [-0.2, 0) is 19.0 Å². The molecule has 1 rings (SSSR count). The number of halogens is 1. The molecule has 0 aromatic carbocycles. The minimum atomic E-state index is -0.686. The Balaban J connectivity index is 3.01. The first-order valence-corrected chi connectivity index (χ1v) is 7.39. The molecule has 6 nitrogen and oxygen atoms in total. The minimum absolute atomic E-state index is 0.0547. The van der Waals surface area contributed by atoms with Crippen LogP contribution in [0.4, 0.5) is 4.79 Å². The van der Waals surface area contributed by atoms with E-state index in [1.807, 2.05) is 0 Å². The molecule has 0 N–H and O–H groups in total. The van der Waals surface area contributed by atoms with Crippen molar-refractivity contribution in [1.82, 2.24) is 4.90 Å². The number of carbonyl (C=O) groups excluding carboxylic acids is 2. The van der Waals surface area contributed by atoms with E-state index in [9.17, 15) is 9.59 Å². The van der Waals surface area contributed by atoms with Crippen LogP contribution < -0.4 is 0 Å². The summed E-state index contributed by atoms with van der Waals surface area (Å²) in [5, 5.41) is 0. The number of carbonyl (C=O) groups is 2. The maximum atomic E-state index is 12.4. The van der Waals surface area contributed by atoms with Gasteiger partial charge in [-0.1, -0.05) is 15.9 Å². The van der Waals surface area contributed by atoms with Gasteiger partial charge in [0.2, 0.25) is 0 Å². The molecule has 0 aromatic heterocycles. The molecule has 20 heavy (non-hydrogen) atoms. The summed E-state index contributed by atoms with van der Waals surface area (Å²) in [5.74, 6) is -0.461. The van der Waals surface area contributed by atoms with Gasteiger partial charge in [0.1, 0.15) is 17.9 Å². The number of ether oxygens (including phenoxy) is 3. The fourth-order valence-electron chi connectivity index (χ4n) is 2.12. The lowest BCUT2D eigenvalue weighted by Gasteiger charge is -2.42. The fourth-order valence-corrected chi connectivity index (χ4v) is 2.86. The molecule has 1 aliphatic heterocycles. The number of nitrogens with zero attached hydrogens (tertiary/aromatic N) is 1. The van der Waals surface area contributed by atoms with Gasteiger partial charge in [-0.05, 0) is 33.6 Å². The van der Waals surface area contributed by atoms with E-state index in [0.29, 0.717) is 12.8 Å². The van der Waals surface area contributed by atoms with Crippen LogP contribution in [0.25, 0.3) is 0 Å². The second kappa shape index (κ2) is 6.76. The van der Waals surface area contributed by atoms with E-state index in [1.54, 1.807) is 20.8 Å². The van der Waals surface area contributed by atoms with Crippen molar-refractivity contribution in [2.75, 3.05) is 14.2 Å². The number of alkyl halides is 1. The van der Waals surface area contributed by atoms with E-state index in [-0.39, 0.29) is 4.83 Å². The summed E-state index contributed by atoms with van der Waals surface area (Å²) in [6, 6.07) is -0.686. The molecule has 1 heterocycles. The number of esters is 1. The highest BCUT2D eigenvalue weighted by Crippen LogP contribution is 2.30. The highest BCUT2D eigenvalue weighted by atomic mass is 79.9. The standard InChI is InChI=1S/C13H22BrNO5/c1-13(2,3)20-12(17)15-9(11(16)19-5)7-6-8(14)10(15)18-4/h8-10H,6-7H2,1-5H3/t8-,9-,10+/m0/s1. The molecule has 7 heteroatoms. The zero-order valence-electron chi connectivity index (χ0n) is 12.5. The molecule has 116 valence electrons. The number of hydrogen-bond acceptors (Lipinski definition) is 5. The molecule has 3 atom stereocenters. The van der Waals surface area contributed by atoms with Crippen molar-refractivity contribution >= 4 is 28.0 Å². The third kappa shape index (κ3) is 4.09. The minimum Gasteiger partial charge on any atom is -0.467 e. The Labute approximate surface area is 127 Å². The summed E-state index contributed by atoms with van der Waals surface area (Å²) in [6.45, 7) is 5.32. The Morgan fingerprint density at radius 1 is 1.20 bits per heavy atom. The molecule has 0 aromatic rings. The molecule has 1 saturated heterocycles. The third-order valence-corrected chi connectivity index (χ3v) is 3.86. The van der Waals surface area contributed by atoms with Gasteiger partial charge in [0.05, 0.1) is 11.9 Å². The molecule has 1 aliphatic rings. The maximum absolute atomic E-state index is 12.4. The summed E-state index contributed by atoms with van der Waals surface area (Å²) in [6.07, 6.45) is 0.0609. The van der Waals surface area contributed by atoms with Crippen LogP contribution in [0, 0.1) is 0 Å². The Hall–Kier alpha value is -0.820. The largest absolute Gasteiger partial charge is 0.467 e. The molecule has 0 radical (unpaired) electrons. The van der Waals surface area contributed by atoms with E-state index in [1.165, 1.54) is 19.1 Å². The fraction of sp³-hybridized carbons (Fsp3) is 0.846. The van der Waals surface area contributed by atoms with E-state index in [0.717, 1.165) is 0 Å². The monoisotopic (exact) mass is 351 g/mol. The quantitative estimate of drug-likeness (QED) is 0.564. The molecule has 0 bridgehead atoms. The van der Waals surface area contributed by atoms with E-state index in [2.05, 4.69) is 15.9 Å². The highest BCUT2D eigenvalue weighted by Gasteiger charge is 2.44. The van der Waals surface area contributed by atoms with Crippen molar-refractivity contribution in [3.8, 4) is 0 Å². The van der Waals surface area contributed by atoms with Gasteiger partial charge < -0.3 is 14.2 Å². The van der Waals surface area contributed by atoms with Crippen molar-refractivity contribution in [2.45, 2.75) is 56.3 Å². The molecule has 0 aliphatic carbocycles.